The highest BCUT2D eigenvalue weighted by molar-refractivity contribution is 6.04. The lowest BCUT2D eigenvalue weighted by atomic mass is 9.90. The number of alkyl halides is 2. The zero-order chi connectivity index (χ0) is 12.1. The second-order valence-electron chi connectivity index (χ2n) is 4.32. The maximum atomic E-state index is 13.6. The van der Waals surface area contributed by atoms with E-state index in [-0.39, 0.29) is 11.3 Å². The van der Waals surface area contributed by atoms with Gasteiger partial charge in [0.15, 0.2) is 0 Å². The van der Waals surface area contributed by atoms with Gasteiger partial charge >= 0.3 is 5.92 Å². The van der Waals surface area contributed by atoms with Crippen LogP contribution in [0.15, 0.2) is 18.2 Å². The minimum atomic E-state index is -3.58. The molecule has 1 amide bonds. The first kappa shape index (κ1) is 11.0. The van der Waals surface area contributed by atoms with Gasteiger partial charge in [-0.1, -0.05) is 12.1 Å². The van der Waals surface area contributed by atoms with Gasteiger partial charge in [0.05, 0.1) is 16.9 Å². The second-order valence-corrected chi connectivity index (χ2v) is 4.32. The van der Waals surface area contributed by atoms with Crippen molar-refractivity contribution in [2.45, 2.75) is 25.4 Å². The fourth-order valence-corrected chi connectivity index (χ4v) is 1.82. The van der Waals surface area contributed by atoms with Crippen LogP contribution in [0.1, 0.15) is 25.0 Å². The van der Waals surface area contributed by atoms with Gasteiger partial charge in [0.1, 0.15) is 0 Å². The van der Waals surface area contributed by atoms with Gasteiger partial charge in [-0.2, -0.15) is 8.78 Å². The molecule has 2 N–H and O–H groups in total. The van der Waals surface area contributed by atoms with E-state index >= 15 is 0 Å². The molecule has 0 fully saturated rings. The molecule has 1 heterocycles. The molecule has 0 spiro atoms. The van der Waals surface area contributed by atoms with Gasteiger partial charge in [0, 0.05) is 0 Å². The Labute approximate surface area is 91.1 Å². The van der Waals surface area contributed by atoms with Crippen LogP contribution in [0.4, 0.5) is 14.5 Å². The Balaban J connectivity index is 2.71. The topological polar surface area (TPSA) is 49.3 Å². The van der Waals surface area contributed by atoms with Crippen molar-refractivity contribution < 1.29 is 18.7 Å². The number of nitrogens with one attached hydrogen (secondary N) is 1. The lowest BCUT2D eigenvalue weighted by Crippen LogP contribution is -2.27. The molecule has 3 nitrogen and oxygen atoms in total. The highest BCUT2D eigenvalue weighted by atomic mass is 19.3. The normalized spacial score (nSPS) is 18.2. The number of hydrogen-bond donors (Lipinski definition) is 2. The van der Waals surface area contributed by atoms with E-state index in [0.717, 1.165) is 0 Å². The van der Waals surface area contributed by atoms with Gasteiger partial charge in [0.25, 0.3) is 5.91 Å². The van der Waals surface area contributed by atoms with Crippen LogP contribution in [0.2, 0.25) is 0 Å². The second kappa shape index (κ2) is 3.01. The molecule has 0 unspecified atom stereocenters. The molecule has 0 bridgehead atoms. The predicted molar refractivity (Wildman–Crippen MR) is 54.2 cm³/mol. The van der Waals surface area contributed by atoms with Crippen molar-refractivity contribution >= 4 is 11.6 Å². The minimum absolute atomic E-state index is 0.0633. The van der Waals surface area contributed by atoms with E-state index in [4.69, 9.17) is 0 Å². The van der Waals surface area contributed by atoms with Crippen LogP contribution in [-0.4, -0.2) is 11.0 Å². The van der Waals surface area contributed by atoms with E-state index in [1.807, 2.05) is 0 Å². The number of aliphatic hydroxyl groups is 1. The molecule has 16 heavy (non-hydrogen) atoms. The van der Waals surface area contributed by atoms with E-state index in [2.05, 4.69) is 5.32 Å². The summed E-state index contributed by atoms with van der Waals surface area (Å²) in [6.07, 6.45) is 0. The number of benzene rings is 1. The Bertz CT molecular complexity index is 464. The number of fused-ring (bicyclic) bond motifs is 1. The summed E-state index contributed by atoms with van der Waals surface area (Å²) in [6, 6.07) is 4.31. The van der Waals surface area contributed by atoms with Gasteiger partial charge < -0.3 is 10.4 Å². The number of carbonyl (C=O) groups excluding carboxylic acids is 1. The summed E-state index contributed by atoms with van der Waals surface area (Å²) in [5.74, 6) is -4.93. The van der Waals surface area contributed by atoms with Crippen molar-refractivity contribution in [2.75, 3.05) is 5.32 Å². The van der Waals surface area contributed by atoms with Crippen molar-refractivity contribution in [3.05, 3.63) is 29.3 Å². The van der Waals surface area contributed by atoms with Crippen molar-refractivity contribution in [1.82, 2.24) is 0 Å². The molecule has 2 rings (SSSR count). The van der Waals surface area contributed by atoms with Crippen LogP contribution < -0.4 is 5.32 Å². The summed E-state index contributed by atoms with van der Waals surface area (Å²) in [7, 11) is 0. The van der Waals surface area contributed by atoms with Crippen LogP contribution in [0.3, 0.4) is 0 Å². The van der Waals surface area contributed by atoms with Crippen LogP contribution in [-0.2, 0) is 16.3 Å². The number of amides is 1. The van der Waals surface area contributed by atoms with Crippen LogP contribution in [0.5, 0.6) is 0 Å². The third-order valence-electron chi connectivity index (χ3n) is 2.57. The molecule has 86 valence electrons. The van der Waals surface area contributed by atoms with Gasteiger partial charge in [-0.15, -0.1) is 0 Å². The molecule has 0 aromatic heterocycles. The average Bonchev–Trinajstić information content (AvgIpc) is 2.37. The molecule has 1 aliphatic heterocycles. The Morgan fingerprint density at radius 2 is 2.00 bits per heavy atom. The zero-order valence-corrected chi connectivity index (χ0v) is 8.84. The van der Waals surface area contributed by atoms with Crippen LogP contribution in [0.25, 0.3) is 0 Å². The first-order valence-electron chi connectivity index (χ1n) is 4.80. The largest absolute Gasteiger partial charge is 0.386 e. The summed E-state index contributed by atoms with van der Waals surface area (Å²) >= 11 is 0. The van der Waals surface area contributed by atoms with Gasteiger partial charge in [0.2, 0.25) is 0 Å². The molecule has 0 aliphatic carbocycles. The zero-order valence-electron chi connectivity index (χ0n) is 8.84. The Morgan fingerprint density at radius 3 is 2.56 bits per heavy atom. The summed E-state index contributed by atoms with van der Waals surface area (Å²) < 4.78 is 27.2. The summed E-state index contributed by atoms with van der Waals surface area (Å²) in [5.41, 5.74) is -1.71. The maximum absolute atomic E-state index is 13.6. The fourth-order valence-electron chi connectivity index (χ4n) is 1.82. The number of hydrogen-bond acceptors (Lipinski definition) is 2. The van der Waals surface area contributed by atoms with Gasteiger partial charge in [-0.25, -0.2) is 0 Å². The van der Waals surface area contributed by atoms with Crippen LogP contribution in [0, 0.1) is 0 Å². The number of anilines is 1. The average molecular weight is 227 g/mol. The van der Waals surface area contributed by atoms with Crippen molar-refractivity contribution in [3.63, 3.8) is 0 Å². The first-order chi connectivity index (χ1) is 7.24. The maximum Gasteiger partial charge on any atom is 0.352 e. The fraction of sp³-hybridized carbons (Fsp3) is 0.364. The number of halogens is 2. The lowest BCUT2D eigenvalue weighted by Gasteiger charge is -2.22. The molecule has 1 aromatic carbocycles. The Kier molecular flexibility index (Phi) is 2.07. The highest BCUT2D eigenvalue weighted by Gasteiger charge is 2.51. The Morgan fingerprint density at radius 1 is 1.38 bits per heavy atom. The molecule has 5 heteroatoms. The molecule has 0 atom stereocenters. The standard InChI is InChI=1S/C11H11F2NO2/c1-10(2,16)6-4-3-5-7-8(6)11(12,13)9(15)14-7/h3-5,16H,1-2H3,(H,14,15). The predicted octanol–water partition coefficient (Wildman–Crippen LogP) is 1.96. The van der Waals surface area contributed by atoms with Gasteiger partial charge in [-0.05, 0) is 25.5 Å². The van der Waals surface area contributed by atoms with E-state index < -0.39 is 23.0 Å². The molecule has 0 saturated heterocycles. The van der Waals surface area contributed by atoms with Crippen LogP contribution >= 0.6 is 0 Å². The monoisotopic (exact) mass is 227 g/mol. The summed E-state index contributed by atoms with van der Waals surface area (Å²) in [5, 5.41) is 11.9. The summed E-state index contributed by atoms with van der Waals surface area (Å²) in [6.45, 7) is 2.81. The van der Waals surface area contributed by atoms with Crippen molar-refractivity contribution in [2.24, 2.45) is 0 Å². The highest BCUT2D eigenvalue weighted by Crippen LogP contribution is 2.45. The van der Waals surface area contributed by atoms with Crippen molar-refractivity contribution in [3.8, 4) is 0 Å². The molecule has 0 saturated carbocycles. The molecular formula is C11H11F2NO2. The third-order valence-corrected chi connectivity index (χ3v) is 2.57. The van der Waals surface area contributed by atoms with Gasteiger partial charge in [-0.3, -0.25) is 4.79 Å². The minimum Gasteiger partial charge on any atom is -0.386 e. The van der Waals surface area contributed by atoms with E-state index in [1.165, 1.54) is 32.0 Å². The Hall–Kier alpha value is -1.49. The number of rotatable bonds is 1. The van der Waals surface area contributed by atoms with E-state index in [1.54, 1.807) is 0 Å². The first-order valence-corrected chi connectivity index (χ1v) is 4.80. The SMILES string of the molecule is CC(C)(O)c1cccc2c1C(F)(F)C(=O)N2. The summed E-state index contributed by atoms with van der Waals surface area (Å²) in [4.78, 5) is 11.1. The number of carbonyl (C=O) groups is 1. The van der Waals surface area contributed by atoms with E-state index in [0.29, 0.717) is 0 Å². The molecule has 0 radical (unpaired) electrons. The smallest absolute Gasteiger partial charge is 0.352 e. The van der Waals surface area contributed by atoms with Crippen molar-refractivity contribution in [1.29, 1.82) is 0 Å². The lowest BCUT2D eigenvalue weighted by molar-refractivity contribution is -0.139. The molecule has 1 aliphatic rings. The quantitative estimate of drug-likeness (QED) is 0.770. The molecule has 1 aromatic rings. The molecular weight excluding hydrogens is 216 g/mol. The third kappa shape index (κ3) is 1.39. The van der Waals surface area contributed by atoms with E-state index in [9.17, 15) is 18.7 Å².